The average Bonchev–Trinajstić information content (AvgIpc) is 2.44. The summed E-state index contributed by atoms with van der Waals surface area (Å²) >= 11 is 0. The number of piperidine rings is 1. The summed E-state index contributed by atoms with van der Waals surface area (Å²) < 4.78 is 26.8. The zero-order valence-electron chi connectivity index (χ0n) is 11.9. The first-order chi connectivity index (χ1) is 9.87. The lowest BCUT2D eigenvalue weighted by atomic mass is 9.97. The third-order valence-electron chi connectivity index (χ3n) is 3.45. The van der Waals surface area contributed by atoms with Gasteiger partial charge in [-0.3, -0.25) is 0 Å². The number of sulfonamides is 1. The molecule has 1 aliphatic rings. The van der Waals surface area contributed by atoms with Crippen LogP contribution in [0.3, 0.4) is 0 Å². The van der Waals surface area contributed by atoms with Crippen LogP contribution in [0.1, 0.15) is 25.3 Å². The summed E-state index contributed by atoms with van der Waals surface area (Å²) in [4.78, 5) is 0.114. The summed E-state index contributed by atoms with van der Waals surface area (Å²) in [6.07, 6.45) is 1.21. The smallest absolute Gasteiger partial charge is 0.244 e. The van der Waals surface area contributed by atoms with Gasteiger partial charge in [-0.2, -0.15) is 4.31 Å². The van der Waals surface area contributed by atoms with E-state index < -0.39 is 15.6 Å². The summed E-state index contributed by atoms with van der Waals surface area (Å²) in [5.41, 5.74) is -0.645. The molecule has 1 aliphatic heterocycles. The van der Waals surface area contributed by atoms with Crippen LogP contribution in [0.15, 0.2) is 29.2 Å². The van der Waals surface area contributed by atoms with E-state index in [0.29, 0.717) is 24.9 Å². The topological polar surface area (TPSA) is 77.8 Å². The van der Waals surface area contributed by atoms with Crippen molar-refractivity contribution in [3.05, 3.63) is 29.8 Å². The van der Waals surface area contributed by atoms with Gasteiger partial charge >= 0.3 is 0 Å². The number of aliphatic hydroxyl groups is 2. The Hall–Kier alpha value is -1.39. The average molecular weight is 309 g/mol. The van der Waals surface area contributed by atoms with Gasteiger partial charge in [-0.05, 0) is 31.9 Å². The van der Waals surface area contributed by atoms with E-state index in [4.69, 9.17) is 5.11 Å². The number of benzene rings is 1. The normalized spacial score (nSPS) is 23.4. The van der Waals surface area contributed by atoms with E-state index in [0.717, 1.165) is 0 Å². The van der Waals surface area contributed by atoms with Crippen LogP contribution in [-0.4, -0.2) is 48.2 Å². The van der Waals surface area contributed by atoms with E-state index in [2.05, 4.69) is 11.8 Å². The highest BCUT2D eigenvalue weighted by molar-refractivity contribution is 7.89. The Morgan fingerprint density at radius 3 is 2.76 bits per heavy atom. The van der Waals surface area contributed by atoms with Crippen molar-refractivity contribution in [1.29, 1.82) is 0 Å². The summed E-state index contributed by atoms with van der Waals surface area (Å²) in [6.45, 7) is 1.79. The fourth-order valence-electron chi connectivity index (χ4n) is 2.45. The Kier molecular flexibility index (Phi) is 4.69. The largest absolute Gasteiger partial charge is 0.389 e. The molecule has 2 rings (SSSR count). The molecule has 0 aliphatic carbocycles. The molecule has 114 valence electrons. The Morgan fingerprint density at radius 1 is 1.38 bits per heavy atom. The van der Waals surface area contributed by atoms with E-state index in [1.165, 1.54) is 10.4 Å². The summed E-state index contributed by atoms with van der Waals surface area (Å²) in [6, 6.07) is 6.45. The Labute approximate surface area is 125 Å². The maximum absolute atomic E-state index is 12.7. The van der Waals surface area contributed by atoms with Gasteiger partial charge in [0.25, 0.3) is 0 Å². The van der Waals surface area contributed by atoms with Crippen molar-refractivity contribution in [3.8, 4) is 11.8 Å². The molecule has 1 unspecified atom stereocenters. The summed E-state index contributed by atoms with van der Waals surface area (Å²) in [5, 5.41) is 18.9. The lowest BCUT2D eigenvalue weighted by molar-refractivity contribution is 0.00939. The highest BCUT2D eigenvalue weighted by Gasteiger charge is 2.36. The third-order valence-corrected chi connectivity index (χ3v) is 5.35. The van der Waals surface area contributed by atoms with E-state index >= 15 is 0 Å². The second-order valence-electron chi connectivity index (χ2n) is 5.40. The van der Waals surface area contributed by atoms with Crippen LogP contribution in [0.2, 0.25) is 0 Å². The lowest BCUT2D eigenvalue weighted by Gasteiger charge is -2.36. The van der Waals surface area contributed by atoms with Gasteiger partial charge in [0.15, 0.2) is 0 Å². The van der Waals surface area contributed by atoms with Crippen molar-refractivity contribution >= 4 is 10.0 Å². The fourth-order valence-corrected chi connectivity index (χ4v) is 4.19. The van der Waals surface area contributed by atoms with Gasteiger partial charge in [-0.25, -0.2) is 8.42 Å². The first kappa shape index (κ1) is 16.0. The van der Waals surface area contributed by atoms with Gasteiger partial charge in [0, 0.05) is 18.7 Å². The number of rotatable bonds is 2. The standard InChI is InChI=1S/C15H19NO4S/c1-15(18)9-5-10-16(12-15)21(19,20)14-8-3-2-6-13(14)7-4-11-17/h2-3,6,8,17-18H,5,9-12H2,1H3. The number of hydrogen-bond donors (Lipinski definition) is 2. The van der Waals surface area contributed by atoms with Crippen molar-refractivity contribution in [1.82, 2.24) is 4.31 Å². The fraction of sp³-hybridized carbons (Fsp3) is 0.467. The highest BCUT2D eigenvalue weighted by atomic mass is 32.2. The van der Waals surface area contributed by atoms with E-state index in [9.17, 15) is 13.5 Å². The second-order valence-corrected chi connectivity index (χ2v) is 7.30. The minimum absolute atomic E-state index is 0.0805. The molecule has 5 nitrogen and oxygen atoms in total. The number of aliphatic hydroxyl groups excluding tert-OH is 1. The zero-order chi connectivity index (χ0) is 15.5. The van der Waals surface area contributed by atoms with Gasteiger partial charge in [0.05, 0.1) is 10.5 Å². The predicted octanol–water partition coefficient (Wildman–Crippen LogP) is 0.566. The Morgan fingerprint density at radius 2 is 2.10 bits per heavy atom. The number of β-amino-alcohol motifs (C(OH)–C–C–N with tert-alkyl or cyclic N) is 1. The third kappa shape index (κ3) is 3.63. The molecule has 0 radical (unpaired) electrons. The van der Waals surface area contributed by atoms with Crippen LogP contribution in [0.5, 0.6) is 0 Å². The molecular formula is C15H19NO4S. The molecule has 0 aromatic heterocycles. The molecule has 0 saturated carbocycles. The van der Waals surface area contributed by atoms with Crippen LogP contribution in [0.4, 0.5) is 0 Å². The highest BCUT2D eigenvalue weighted by Crippen LogP contribution is 2.27. The van der Waals surface area contributed by atoms with Crippen LogP contribution in [0, 0.1) is 11.8 Å². The molecule has 1 aromatic carbocycles. The number of hydrogen-bond acceptors (Lipinski definition) is 4. The van der Waals surface area contributed by atoms with Gasteiger partial charge < -0.3 is 10.2 Å². The van der Waals surface area contributed by atoms with Crippen LogP contribution < -0.4 is 0 Å². The van der Waals surface area contributed by atoms with Crippen LogP contribution in [-0.2, 0) is 10.0 Å². The molecule has 0 bridgehead atoms. The molecular weight excluding hydrogens is 290 g/mol. The SMILES string of the molecule is CC1(O)CCCN(S(=O)(=O)c2ccccc2C#CCO)C1. The predicted molar refractivity (Wildman–Crippen MR) is 79.0 cm³/mol. The van der Waals surface area contributed by atoms with Crippen molar-refractivity contribution in [2.75, 3.05) is 19.7 Å². The molecule has 1 atom stereocenters. The lowest BCUT2D eigenvalue weighted by Crippen LogP contribution is -2.48. The molecule has 2 N–H and O–H groups in total. The van der Waals surface area contributed by atoms with E-state index in [1.807, 2.05) is 0 Å². The molecule has 1 saturated heterocycles. The van der Waals surface area contributed by atoms with Crippen LogP contribution >= 0.6 is 0 Å². The summed E-state index contributed by atoms with van der Waals surface area (Å²) in [7, 11) is -3.70. The molecule has 1 aromatic rings. The van der Waals surface area contributed by atoms with Crippen molar-refractivity contribution in [2.45, 2.75) is 30.3 Å². The summed E-state index contributed by atoms with van der Waals surface area (Å²) in [5.74, 6) is 5.13. The Balaban J connectivity index is 2.40. The van der Waals surface area contributed by atoms with Crippen LogP contribution in [0.25, 0.3) is 0 Å². The Bertz CT molecular complexity index is 670. The second kappa shape index (κ2) is 6.16. The van der Waals surface area contributed by atoms with Gasteiger partial charge in [0.2, 0.25) is 10.0 Å². The van der Waals surface area contributed by atoms with Crippen molar-refractivity contribution < 1.29 is 18.6 Å². The van der Waals surface area contributed by atoms with Crippen molar-refractivity contribution in [3.63, 3.8) is 0 Å². The zero-order valence-corrected chi connectivity index (χ0v) is 12.7. The molecule has 1 fully saturated rings. The monoisotopic (exact) mass is 309 g/mol. The molecule has 1 heterocycles. The molecule has 21 heavy (non-hydrogen) atoms. The molecule has 6 heteroatoms. The quantitative estimate of drug-likeness (QED) is 0.783. The first-order valence-corrected chi connectivity index (χ1v) is 8.22. The first-order valence-electron chi connectivity index (χ1n) is 6.78. The minimum Gasteiger partial charge on any atom is -0.389 e. The van der Waals surface area contributed by atoms with Crippen molar-refractivity contribution in [2.24, 2.45) is 0 Å². The van der Waals surface area contributed by atoms with E-state index in [-0.39, 0.29) is 18.0 Å². The number of nitrogens with zero attached hydrogens (tertiary/aromatic N) is 1. The maximum atomic E-state index is 12.7. The minimum atomic E-state index is -3.70. The molecule has 0 spiro atoms. The van der Waals surface area contributed by atoms with Gasteiger partial charge in [0.1, 0.15) is 6.61 Å². The van der Waals surface area contributed by atoms with Gasteiger partial charge in [-0.1, -0.05) is 24.0 Å². The van der Waals surface area contributed by atoms with E-state index in [1.54, 1.807) is 25.1 Å². The van der Waals surface area contributed by atoms with Gasteiger partial charge in [-0.15, -0.1) is 0 Å². The maximum Gasteiger partial charge on any atom is 0.244 e. The molecule has 0 amide bonds.